The highest BCUT2D eigenvalue weighted by atomic mass is 32.1. The van der Waals surface area contributed by atoms with Crippen molar-refractivity contribution < 1.29 is 14.3 Å². The van der Waals surface area contributed by atoms with Crippen LogP contribution in [-0.2, 0) is 9.53 Å². The van der Waals surface area contributed by atoms with E-state index < -0.39 is 0 Å². The Labute approximate surface area is 116 Å². The van der Waals surface area contributed by atoms with Crippen LogP contribution in [0.25, 0.3) is 0 Å². The van der Waals surface area contributed by atoms with E-state index in [2.05, 4.69) is 10.2 Å². The van der Waals surface area contributed by atoms with Crippen LogP contribution in [0.4, 0.5) is 0 Å². The predicted molar refractivity (Wildman–Crippen MR) is 73.5 cm³/mol. The fourth-order valence-corrected chi connectivity index (χ4v) is 2.60. The number of carbonyl (C=O) groups excluding carboxylic acids is 2. The average Bonchev–Trinajstić information content (AvgIpc) is 2.93. The first-order valence-electron chi connectivity index (χ1n) is 6.32. The summed E-state index contributed by atoms with van der Waals surface area (Å²) < 4.78 is 5.31. The Kier molecular flexibility index (Phi) is 5.07. The van der Waals surface area contributed by atoms with E-state index in [9.17, 15) is 9.59 Å². The highest BCUT2D eigenvalue weighted by Crippen LogP contribution is 2.08. The molecule has 0 bridgehead atoms. The Bertz CT molecular complexity index is 433. The molecule has 1 aromatic rings. The van der Waals surface area contributed by atoms with Gasteiger partial charge in [-0.3, -0.25) is 14.5 Å². The molecule has 1 aromatic heterocycles. The molecule has 104 valence electrons. The van der Waals surface area contributed by atoms with Gasteiger partial charge in [0.05, 0.1) is 31.2 Å². The summed E-state index contributed by atoms with van der Waals surface area (Å²) in [7, 11) is 0. The van der Waals surface area contributed by atoms with Crippen LogP contribution in [0.2, 0.25) is 0 Å². The van der Waals surface area contributed by atoms with E-state index in [1.54, 1.807) is 6.07 Å². The Morgan fingerprint density at radius 2 is 2.42 bits per heavy atom. The van der Waals surface area contributed by atoms with Gasteiger partial charge < -0.3 is 10.1 Å². The second-order valence-electron chi connectivity index (χ2n) is 4.57. The second kappa shape index (κ2) is 6.79. The summed E-state index contributed by atoms with van der Waals surface area (Å²) in [6, 6.07) is 3.84. The molecule has 1 fully saturated rings. The van der Waals surface area contributed by atoms with Gasteiger partial charge >= 0.3 is 0 Å². The third kappa shape index (κ3) is 4.12. The molecule has 1 aliphatic rings. The van der Waals surface area contributed by atoms with Crippen LogP contribution in [-0.4, -0.2) is 55.5 Å². The fraction of sp³-hybridized carbons (Fsp3) is 0.538. The number of hydrogen-bond donors (Lipinski definition) is 1. The van der Waals surface area contributed by atoms with E-state index in [0.29, 0.717) is 24.6 Å². The van der Waals surface area contributed by atoms with Gasteiger partial charge in [-0.25, -0.2) is 0 Å². The maximum Gasteiger partial charge on any atom is 0.234 e. The molecule has 0 aliphatic carbocycles. The van der Waals surface area contributed by atoms with Gasteiger partial charge in [-0.2, -0.15) is 0 Å². The minimum absolute atomic E-state index is 0.0432. The molecule has 6 heteroatoms. The van der Waals surface area contributed by atoms with Gasteiger partial charge in [0.2, 0.25) is 5.91 Å². The van der Waals surface area contributed by atoms with Crippen LogP contribution in [0, 0.1) is 0 Å². The molecule has 0 radical (unpaired) electrons. The van der Waals surface area contributed by atoms with E-state index in [0.717, 1.165) is 6.54 Å². The SMILES string of the molecule is C[C@H]1COCCN1CC(=O)NCC(=O)c1cccs1. The number of ether oxygens (including phenoxy) is 1. The molecule has 1 atom stereocenters. The van der Waals surface area contributed by atoms with Crippen LogP contribution < -0.4 is 5.32 Å². The predicted octanol–water partition coefficient (Wildman–Crippen LogP) is 0.768. The number of rotatable bonds is 5. The standard InChI is InChI=1S/C13H18N2O3S/c1-10-9-18-5-4-15(10)8-13(17)14-7-11(16)12-3-2-6-19-12/h2-3,6,10H,4-5,7-9H2,1H3,(H,14,17)/t10-/m0/s1. The largest absolute Gasteiger partial charge is 0.379 e. The van der Waals surface area contributed by atoms with Gasteiger partial charge in [-0.1, -0.05) is 6.07 Å². The molecule has 1 amide bonds. The lowest BCUT2D eigenvalue weighted by molar-refractivity contribution is -0.124. The van der Waals surface area contributed by atoms with Gasteiger partial charge in [0.1, 0.15) is 0 Å². The van der Waals surface area contributed by atoms with E-state index in [1.807, 2.05) is 18.4 Å². The van der Waals surface area contributed by atoms with Crippen LogP contribution >= 0.6 is 11.3 Å². The summed E-state index contributed by atoms with van der Waals surface area (Å²) in [6.07, 6.45) is 0. The second-order valence-corrected chi connectivity index (χ2v) is 5.52. The van der Waals surface area contributed by atoms with E-state index >= 15 is 0 Å². The molecule has 0 aromatic carbocycles. The first-order chi connectivity index (χ1) is 9.16. The Hall–Kier alpha value is -1.24. The minimum Gasteiger partial charge on any atom is -0.379 e. The zero-order chi connectivity index (χ0) is 13.7. The van der Waals surface area contributed by atoms with Crippen molar-refractivity contribution in [2.75, 3.05) is 32.8 Å². The lowest BCUT2D eigenvalue weighted by atomic mass is 10.2. The van der Waals surface area contributed by atoms with Gasteiger partial charge in [-0.15, -0.1) is 11.3 Å². The highest BCUT2D eigenvalue weighted by Gasteiger charge is 2.21. The van der Waals surface area contributed by atoms with Crippen molar-refractivity contribution in [2.45, 2.75) is 13.0 Å². The zero-order valence-electron chi connectivity index (χ0n) is 10.9. The summed E-state index contributed by atoms with van der Waals surface area (Å²) in [5.41, 5.74) is 0. The molecule has 1 N–H and O–H groups in total. The quantitative estimate of drug-likeness (QED) is 0.810. The fourth-order valence-electron chi connectivity index (χ4n) is 1.94. The normalized spacial score (nSPS) is 20.2. The summed E-state index contributed by atoms with van der Waals surface area (Å²) in [5, 5.41) is 4.53. The molecule has 1 saturated heterocycles. The molecule has 19 heavy (non-hydrogen) atoms. The Balaban J connectivity index is 1.74. The monoisotopic (exact) mass is 282 g/mol. The Morgan fingerprint density at radius 1 is 1.58 bits per heavy atom. The number of amides is 1. The van der Waals surface area contributed by atoms with Gasteiger partial charge in [-0.05, 0) is 18.4 Å². The molecule has 2 rings (SSSR count). The first kappa shape index (κ1) is 14.2. The van der Waals surface area contributed by atoms with Gasteiger partial charge in [0.25, 0.3) is 0 Å². The smallest absolute Gasteiger partial charge is 0.234 e. The van der Waals surface area contributed by atoms with Crippen molar-refractivity contribution in [2.24, 2.45) is 0 Å². The van der Waals surface area contributed by atoms with Crippen molar-refractivity contribution in [3.63, 3.8) is 0 Å². The molecule has 0 unspecified atom stereocenters. The number of nitrogens with zero attached hydrogens (tertiary/aromatic N) is 1. The molecule has 1 aliphatic heterocycles. The first-order valence-corrected chi connectivity index (χ1v) is 7.20. The summed E-state index contributed by atoms with van der Waals surface area (Å²) in [4.78, 5) is 26.3. The van der Waals surface area contributed by atoms with Gasteiger partial charge in [0, 0.05) is 12.6 Å². The maximum absolute atomic E-state index is 11.8. The highest BCUT2D eigenvalue weighted by molar-refractivity contribution is 7.12. The number of thiophene rings is 1. The molecule has 0 spiro atoms. The average molecular weight is 282 g/mol. The van der Waals surface area contributed by atoms with Crippen LogP contribution in [0.3, 0.4) is 0 Å². The van der Waals surface area contributed by atoms with Crippen molar-refractivity contribution in [3.8, 4) is 0 Å². The van der Waals surface area contributed by atoms with Crippen LogP contribution in [0.15, 0.2) is 17.5 Å². The third-order valence-electron chi connectivity index (χ3n) is 3.09. The van der Waals surface area contributed by atoms with Crippen molar-refractivity contribution in [1.82, 2.24) is 10.2 Å². The minimum atomic E-state index is -0.112. The van der Waals surface area contributed by atoms with Crippen molar-refractivity contribution >= 4 is 23.0 Å². The molecule has 2 heterocycles. The van der Waals surface area contributed by atoms with Gasteiger partial charge in [0.15, 0.2) is 5.78 Å². The maximum atomic E-state index is 11.8. The molecule has 5 nitrogen and oxygen atoms in total. The number of nitrogens with one attached hydrogen (secondary N) is 1. The zero-order valence-corrected chi connectivity index (χ0v) is 11.7. The molecule has 0 saturated carbocycles. The van der Waals surface area contributed by atoms with Crippen LogP contribution in [0.1, 0.15) is 16.6 Å². The Morgan fingerprint density at radius 3 is 3.11 bits per heavy atom. The summed E-state index contributed by atoms with van der Waals surface area (Å²) in [5.74, 6) is -0.156. The molecular formula is C13H18N2O3S. The number of Topliss-reactive ketones (excluding diaryl/α,β-unsaturated/α-hetero) is 1. The summed E-state index contributed by atoms with van der Waals surface area (Å²) >= 11 is 1.39. The number of ketones is 1. The van der Waals surface area contributed by atoms with E-state index in [1.165, 1.54) is 11.3 Å². The topological polar surface area (TPSA) is 58.6 Å². The lowest BCUT2D eigenvalue weighted by Gasteiger charge is -2.32. The molecular weight excluding hydrogens is 264 g/mol. The number of morpholine rings is 1. The van der Waals surface area contributed by atoms with Crippen molar-refractivity contribution in [3.05, 3.63) is 22.4 Å². The third-order valence-corrected chi connectivity index (χ3v) is 4.00. The van der Waals surface area contributed by atoms with Crippen molar-refractivity contribution in [1.29, 1.82) is 0 Å². The number of hydrogen-bond acceptors (Lipinski definition) is 5. The van der Waals surface area contributed by atoms with E-state index in [4.69, 9.17) is 4.74 Å². The van der Waals surface area contributed by atoms with Crippen LogP contribution in [0.5, 0.6) is 0 Å². The number of carbonyl (C=O) groups is 2. The summed E-state index contributed by atoms with van der Waals surface area (Å²) in [6.45, 7) is 4.49. The van der Waals surface area contributed by atoms with E-state index in [-0.39, 0.29) is 24.3 Å². The lowest BCUT2D eigenvalue weighted by Crippen LogP contribution is -2.48.